The van der Waals surface area contributed by atoms with E-state index in [1.807, 2.05) is 24.3 Å². The largest absolute Gasteiger partial charge is 0.396 e. The lowest BCUT2D eigenvalue weighted by Crippen LogP contribution is -2.25. The minimum atomic E-state index is -3.43. The predicted molar refractivity (Wildman–Crippen MR) is 73.6 cm³/mol. The molecule has 1 aromatic carbocycles. The fraction of sp³-hybridized carbons (Fsp3) is 0.214. The van der Waals surface area contributed by atoms with Gasteiger partial charge in [0.25, 0.3) is 0 Å². The molecule has 1 aliphatic carbocycles. The summed E-state index contributed by atoms with van der Waals surface area (Å²) < 4.78 is 24.6. The van der Waals surface area contributed by atoms with Gasteiger partial charge in [-0.15, -0.1) is 0 Å². The van der Waals surface area contributed by atoms with Gasteiger partial charge in [0.15, 0.2) is 14.9 Å². The molecule has 0 saturated carbocycles. The van der Waals surface area contributed by atoms with E-state index in [1.165, 1.54) is 11.8 Å². The zero-order valence-electron chi connectivity index (χ0n) is 10.3. The van der Waals surface area contributed by atoms with E-state index in [1.54, 1.807) is 12.1 Å². The molecule has 1 aromatic heterocycles. The van der Waals surface area contributed by atoms with Crippen molar-refractivity contribution in [3.8, 4) is 0 Å². The van der Waals surface area contributed by atoms with Gasteiger partial charge in [0, 0.05) is 12.1 Å². The van der Waals surface area contributed by atoms with Gasteiger partial charge in [-0.05, 0) is 29.7 Å². The van der Waals surface area contributed by atoms with Crippen LogP contribution in [-0.4, -0.2) is 19.2 Å². The topological polar surface area (TPSA) is 73.0 Å². The molecule has 1 atom stereocenters. The third-order valence-corrected chi connectivity index (χ3v) is 5.25. The van der Waals surface area contributed by atoms with E-state index in [4.69, 9.17) is 5.73 Å². The van der Waals surface area contributed by atoms with Gasteiger partial charge in [-0.25, -0.2) is 13.4 Å². The third kappa shape index (κ3) is 2.10. The summed E-state index contributed by atoms with van der Waals surface area (Å²) in [6.45, 7) is 0. The number of fused-ring (bicyclic) bond motifs is 1. The lowest BCUT2D eigenvalue weighted by molar-refractivity contribution is 0.574. The maximum absolute atomic E-state index is 12.3. The van der Waals surface area contributed by atoms with Crippen LogP contribution >= 0.6 is 0 Å². The van der Waals surface area contributed by atoms with Crippen molar-refractivity contribution >= 4 is 15.5 Å². The number of hydrogen-bond acceptors (Lipinski definition) is 4. The van der Waals surface area contributed by atoms with Gasteiger partial charge in [0.1, 0.15) is 0 Å². The Morgan fingerprint density at radius 1 is 1.21 bits per heavy atom. The molecule has 0 saturated heterocycles. The molecule has 4 nitrogen and oxygen atoms in total. The van der Waals surface area contributed by atoms with Crippen molar-refractivity contribution in [1.82, 2.24) is 4.98 Å². The number of hydrogen-bond donors (Lipinski definition) is 1. The molecule has 98 valence electrons. The highest BCUT2D eigenvalue weighted by Crippen LogP contribution is 2.37. The van der Waals surface area contributed by atoms with E-state index in [2.05, 4.69) is 4.98 Å². The molecule has 2 N–H and O–H groups in total. The minimum Gasteiger partial charge on any atom is -0.396 e. The molecule has 3 rings (SSSR count). The summed E-state index contributed by atoms with van der Waals surface area (Å²) in [7, 11) is -3.43. The van der Waals surface area contributed by atoms with Crippen molar-refractivity contribution in [3.63, 3.8) is 0 Å². The van der Waals surface area contributed by atoms with Crippen molar-refractivity contribution in [3.05, 3.63) is 53.7 Å². The smallest absolute Gasteiger partial charge is 0.198 e. The number of pyridine rings is 1. The summed E-state index contributed by atoms with van der Waals surface area (Å²) in [6, 6.07) is 11.1. The molecular formula is C14H14N2O2S. The van der Waals surface area contributed by atoms with Gasteiger partial charge in [0.2, 0.25) is 0 Å². The summed E-state index contributed by atoms with van der Waals surface area (Å²) in [5.74, 6) is 0.133. The number of nitrogens with zero attached hydrogens (tertiary/aromatic N) is 1. The Kier molecular flexibility index (Phi) is 2.78. The van der Waals surface area contributed by atoms with Crippen LogP contribution < -0.4 is 5.73 Å². The van der Waals surface area contributed by atoms with Crippen LogP contribution in [-0.2, 0) is 16.3 Å². The van der Waals surface area contributed by atoms with E-state index in [0.29, 0.717) is 0 Å². The fourth-order valence-corrected chi connectivity index (χ4v) is 4.15. The Labute approximate surface area is 112 Å². The lowest BCUT2D eigenvalue weighted by Gasteiger charge is -2.29. The second-order valence-electron chi connectivity index (χ2n) is 4.78. The highest BCUT2D eigenvalue weighted by Gasteiger charge is 2.32. The highest BCUT2D eigenvalue weighted by atomic mass is 32.2. The van der Waals surface area contributed by atoms with E-state index < -0.39 is 9.84 Å². The van der Waals surface area contributed by atoms with Crippen LogP contribution in [0.4, 0.5) is 5.69 Å². The number of nitrogens with two attached hydrogens (primary N) is 1. The molecule has 0 fully saturated rings. The molecule has 0 radical (unpaired) electrons. The summed E-state index contributed by atoms with van der Waals surface area (Å²) in [5.41, 5.74) is 8.27. The third-order valence-electron chi connectivity index (χ3n) is 3.48. The van der Waals surface area contributed by atoms with Gasteiger partial charge in [-0.1, -0.05) is 24.3 Å². The van der Waals surface area contributed by atoms with Crippen LogP contribution in [0.5, 0.6) is 0 Å². The SMILES string of the molecule is Nc1cccnc1S(=O)(=O)CC1Cc2ccccc21. The Morgan fingerprint density at radius 2 is 2.00 bits per heavy atom. The summed E-state index contributed by atoms with van der Waals surface area (Å²) in [6.07, 6.45) is 2.26. The first kappa shape index (κ1) is 12.2. The van der Waals surface area contributed by atoms with Crippen LogP contribution in [0.15, 0.2) is 47.6 Å². The Balaban J connectivity index is 1.87. The molecule has 1 heterocycles. The maximum Gasteiger partial charge on any atom is 0.198 e. The Morgan fingerprint density at radius 3 is 2.74 bits per heavy atom. The number of benzene rings is 1. The second kappa shape index (κ2) is 4.35. The number of anilines is 1. The maximum atomic E-state index is 12.3. The first-order valence-corrected chi connectivity index (χ1v) is 7.74. The van der Waals surface area contributed by atoms with Crippen molar-refractivity contribution < 1.29 is 8.42 Å². The molecule has 0 bridgehead atoms. The minimum absolute atomic E-state index is 0.000573. The molecule has 5 heteroatoms. The molecule has 1 unspecified atom stereocenters. The quantitative estimate of drug-likeness (QED) is 0.926. The van der Waals surface area contributed by atoms with Gasteiger partial charge in [-0.3, -0.25) is 0 Å². The summed E-state index contributed by atoms with van der Waals surface area (Å²) in [4.78, 5) is 3.90. The van der Waals surface area contributed by atoms with E-state index in [0.717, 1.165) is 12.0 Å². The number of nitrogen functional groups attached to an aromatic ring is 1. The standard InChI is InChI=1S/C14H14N2O2S/c15-13-6-3-7-16-14(13)19(17,18)9-11-8-10-4-1-2-5-12(10)11/h1-7,11H,8-9,15H2. The average molecular weight is 274 g/mol. The van der Waals surface area contributed by atoms with Gasteiger partial charge in [0.05, 0.1) is 11.4 Å². The molecule has 19 heavy (non-hydrogen) atoms. The van der Waals surface area contributed by atoms with Crippen molar-refractivity contribution in [2.24, 2.45) is 0 Å². The highest BCUT2D eigenvalue weighted by molar-refractivity contribution is 7.91. The number of sulfone groups is 1. The van der Waals surface area contributed by atoms with E-state index in [9.17, 15) is 8.42 Å². The zero-order valence-corrected chi connectivity index (χ0v) is 11.1. The summed E-state index contributed by atoms with van der Waals surface area (Å²) >= 11 is 0. The lowest BCUT2D eigenvalue weighted by atomic mass is 9.79. The molecule has 0 aliphatic heterocycles. The van der Waals surface area contributed by atoms with E-state index in [-0.39, 0.29) is 22.4 Å². The predicted octanol–water partition coefficient (Wildman–Crippen LogP) is 1.78. The zero-order chi connectivity index (χ0) is 13.5. The van der Waals surface area contributed by atoms with Crippen LogP contribution in [0.2, 0.25) is 0 Å². The van der Waals surface area contributed by atoms with E-state index >= 15 is 0 Å². The van der Waals surface area contributed by atoms with Crippen molar-refractivity contribution in [2.45, 2.75) is 17.4 Å². The Hall–Kier alpha value is -1.88. The fourth-order valence-electron chi connectivity index (χ4n) is 2.52. The number of aromatic nitrogens is 1. The van der Waals surface area contributed by atoms with Gasteiger partial charge >= 0.3 is 0 Å². The normalized spacial score (nSPS) is 17.6. The average Bonchev–Trinajstić information content (AvgIpc) is 2.36. The molecule has 1 aliphatic rings. The number of rotatable bonds is 3. The molecule has 2 aromatic rings. The molecule has 0 spiro atoms. The molecule has 0 amide bonds. The second-order valence-corrected chi connectivity index (χ2v) is 6.73. The van der Waals surface area contributed by atoms with Crippen LogP contribution in [0.3, 0.4) is 0 Å². The Bertz CT molecular complexity index is 726. The summed E-state index contributed by atoms with van der Waals surface area (Å²) in [5, 5.41) is -0.000573. The van der Waals surface area contributed by atoms with Gasteiger partial charge in [-0.2, -0.15) is 0 Å². The van der Waals surface area contributed by atoms with Crippen LogP contribution in [0, 0.1) is 0 Å². The monoisotopic (exact) mass is 274 g/mol. The van der Waals surface area contributed by atoms with Crippen LogP contribution in [0.25, 0.3) is 0 Å². The van der Waals surface area contributed by atoms with Gasteiger partial charge < -0.3 is 5.73 Å². The molecular weight excluding hydrogens is 260 g/mol. The first-order chi connectivity index (χ1) is 9.08. The van der Waals surface area contributed by atoms with Crippen LogP contribution in [0.1, 0.15) is 17.0 Å². The van der Waals surface area contributed by atoms with Crippen molar-refractivity contribution in [1.29, 1.82) is 0 Å². The first-order valence-electron chi connectivity index (χ1n) is 6.09. The van der Waals surface area contributed by atoms with Crippen molar-refractivity contribution in [2.75, 3.05) is 11.5 Å².